The number of benzene rings is 2. The summed E-state index contributed by atoms with van der Waals surface area (Å²) in [5, 5.41) is 0. The van der Waals surface area contributed by atoms with E-state index in [0.717, 1.165) is 11.1 Å². The summed E-state index contributed by atoms with van der Waals surface area (Å²) < 4.78 is 19.4. The fourth-order valence-electron chi connectivity index (χ4n) is 2.37. The van der Waals surface area contributed by atoms with Crippen LogP contribution in [0.15, 0.2) is 36.4 Å². The van der Waals surface area contributed by atoms with E-state index in [9.17, 15) is 4.39 Å². The van der Waals surface area contributed by atoms with E-state index < -0.39 is 0 Å². The molecule has 0 amide bonds. The van der Waals surface area contributed by atoms with E-state index in [1.807, 2.05) is 25.1 Å². The molecule has 3 rings (SSSR count). The molecule has 0 aromatic heterocycles. The summed E-state index contributed by atoms with van der Waals surface area (Å²) in [6.07, 6.45) is 0. The van der Waals surface area contributed by atoms with Crippen molar-refractivity contribution in [1.29, 1.82) is 0 Å². The van der Waals surface area contributed by atoms with Crippen LogP contribution in [-0.2, 0) is 18.0 Å². The monoisotopic (exact) mass is 320 g/mol. The molecule has 1 aliphatic heterocycles. The largest absolute Gasteiger partial charge is 0.372 e. The maximum atomic E-state index is 14.0. The third-order valence-corrected chi connectivity index (χ3v) is 4.49. The van der Waals surface area contributed by atoms with Crippen LogP contribution >= 0.6 is 15.9 Å². The topological polar surface area (TPSA) is 9.23 Å². The molecule has 19 heavy (non-hydrogen) atoms. The van der Waals surface area contributed by atoms with Crippen molar-refractivity contribution in [1.82, 2.24) is 0 Å². The first-order chi connectivity index (χ1) is 9.15. The van der Waals surface area contributed by atoms with Crippen molar-refractivity contribution < 1.29 is 9.13 Å². The standard InChI is InChI=1S/C16H14BrFO/c1-10-2-5-14(15(18)6-10)16(17)11-3-4-12-8-19-9-13(12)7-11/h2-7,16H,8-9H2,1H3. The van der Waals surface area contributed by atoms with Crippen LogP contribution in [0.4, 0.5) is 4.39 Å². The number of hydrogen-bond donors (Lipinski definition) is 0. The number of alkyl halides is 1. The molecule has 0 spiro atoms. The first kappa shape index (κ1) is 12.8. The molecular formula is C16H14BrFO. The lowest BCUT2D eigenvalue weighted by atomic mass is 9.99. The van der Waals surface area contributed by atoms with E-state index >= 15 is 0 Å². The van der Waals surface area contributed by atoms with Gasteiger partial charge >= 0.3 is 0 Å². The highest BCUT2D eigenvalue weighted by Crippen LogP contribution is 2.34. The van der Waals surface area contributed by atoms with Crippen molar-refractivity contribution >= 4 is 15.9 Å². The second-order valence-electron chi connectivity index (χ2n) is 4.91. The molecule has 0 saturated heterocycles. The Labute approximate surface area is 120 Å². The van der Waals surface area contributed by atoms with E-state index in [2.05, 4.69) is 28.1 Å². The Balaban J connectivity index is 1.97. The molecule has 3 heteroatoms. The van der Waals surface area contributed by atoms with Gasteiger partial charge in [0.2, 0.25) is 0 Å². The Hall–Kier alpha value is -1.19. The summed E-state index contributed by atoms with van der Waals surface area (Å²) in [5.74, 6) is -0.168. The van der Waals surface area contributed by atoms with E-state index in [0.29, 0.717) is 18.8 Å². The van der Waals surface area contributed by atoms with Gasteiger partial charge in [-0.15, -0.1) is 0 Å². The van der Waals surface area contributed by atoms with Gasteiger partial charge in [-0.05, 0) is 35.2 Å². The first-order valence-corrected chi connectivity index (χ1v) is 7.16. The Morgan fingerprint density at radius 3 is 2.68 bits per heavy atom. The highest BCUT2D eigenvalue weighted by molar-refractivity contribution is 9.09. The molecule has 2 aromatic carbocycles. The molecule has 0 N–H and O–H groups in total. The summed E-state index contributed by atoms with van der Waals surface area (Å²) in [5.41, 5.74) is 5.10. The third kappa shape index (κ3) is 2.45. The van der Waals surface area contributed by atoms with Gasteiger partial charge in [0.1, 0.15) is 5.82 Å². The minimum absolute atomic E-state index is 0.126. The third-order valence-electron chi connectivity index (χ3n) is 3.47. The highest BCUT2D eigenvalue weighted by Gasteiger charge is 2.18. The van der Waals surface area contributed by atoms with Crippen molar-refractivity contribution in [3.8, 4) is 0 Å². The molecule has 1 heterocycles. The lowest BCUT2D eigenvalue weighted by molar-refractivity contribution is 0.134. The lowest BCUT2D eigenvalue weighted by Crippen LogP contribution is -1.98. The molecule has 98 valence electrons. The zero-order chi connectivity index (χ0) is 13.4. The van der Waals surface area contributed by atoms with Crippen LogP contribution in [0.5, 0.6) is 0 Å². The average molecular weight is 321 g/mol. The molecule has 1 nitrogen and oxygen atoms in total. The van der Waals surface area contributed by atoms with Crippen LogP contribution in [0.25, 0.3) is 0 Å². The molecule has 1 aliphatic rings. The number of halogens is 2. The van der Waals surface area contributed by atoms with Gasteiger partial charge < -0.3 is 4.74 Å². The Kier molecular flexibility index (Phi) is 3.42. The van der Waals surface area contributed by atoms with Gasteiger partial charge in [0, 0.05) is 5.56 Å². The van der Waals surface area contributed by atoms with E-state index in [1.54, 1.807) is 6.07 Å². The lowest BCUT2D eigenvalue weighted by Gasteiger charge is -2.13. The number of rotatable bonds is 2. The van der Waals surface area contributed by atoms with Crippen LogP contribution in [0.3, 0.4) is 0 Å². The number of hydrogen-bond acceptors (Lipinski definition) is 1. The molecule has 1 atom stereocenters. The second-order valence-corrected chi connectivity index (χ2v) is 5.82. The highest BCUT2D eigenvalue weighted by atomic mass is 79.9. The molecule has 1 unspecified atom stereocenters. The van der Waals surface area contributed by atoms with Crippen LogP contribution in [0.2, 0.25) is 0 Å². The Morgan fingerprint density at radius 1 is 1.11 bits per heavy atom. The maximum Gasteiger partial charge on any atom is 0.128 e. The van der Waals surface area contributed by atoms with Crippen LogP contribution in [0.1, 0.15) is 32.6 Å². The molecule has 0 bridgehead atoms. The zero-order valence-electron chi connectivity index (χ0n) is 10.6. The minimum Gasteiger partial charge on any atom is -0.372 e. The average Bonchev–Trinajstić information content (AvgIpc) is 2.85. The van der Waals surface area contributed by atoms with Crippen molar-refractivity contribution in [3.63, 3.8) is 0 Å². The van der Waals surface area contributed by atoms with Crippen LogP contribution in [0, 0.1) is 12.7 Å². The van der Waals surface area contributed by atoms with Crippen LogP contribution in [-0.4, -0.2) is 0 Å². The first-order valence-electron chi connectivity index (χ1n) is 6.25. The van der Waals surface area contributed by atoms with Gasteiger partial charge in [-0.3, -0.25) is 0 Å². The number of ether oxygens (including phenoxy) is 1. The molecular weight excluding hydrogens is 307 g/mol. The summed E-state index contributed by atoms with van der Waals surface area (Å²) in [6.45, 7) is 3.23. The van der Waals surface area contributed by atoms with Crippen molar-refractivity contribution in [2.75, 3.05) is 0 Å². The maximum absolute atomic E-state index is 14.0. The smallest absolute Gasteiger partial charge is 0.128 e. The number of aryl methyl sites for hydroxylation is 1. The predicted molar refractivity (Wildman–Crippen MR) is 76.8 cm³/mol. The van der Waals surface area contributed by atoms with Crippen molar-refractivity contribution in [2.45, 2.75) is 25.0 Å². The zero-order valence-corrected chi connectivity index (χ0v) is 12.2. The summed E-state index contributed by atoms with van der Waals surface area (Å²) in [6, 6.07) is 11.5. The summed E-state index contributed by atoms with van der Waals surface area (Å²) in [7, 11) is 0. The fourth-order valence-corrected chi connectivity index (χ4v) is 3.02. The predicted octanol–water partition coefficient (Wildman–Crippen LogP) is 4.65. The Morgan fingerprint density at radius 2 is 1.89 bits per heavy atom. The summed E-state index contributed by atoms with van der Waals surface area (Å²) in [4.78, 5) is -0.126. The van der Waals surface area contributed by atoms with E-state index in [1.165, 1.54) is 11.1 Å². The van der Waals surface area contributed by atoms with Gasteiger partial charge in [-0.2, -0.15) is 0 Å². The van der Waals surface area contributed by atoms with Crippen molar-refractivity contribution in [2.24, 2.45) is 0 Å². The normalized spacial score (nSPS) is 15.3. The minimum atomic E-state index is -0.168. The van der Waals surface area contributed by atoms with Gasteiger partial charge in [0.15, 0.2) is 0 Å². The van der Waals surface area contributed by atoms with E-state index in [-0.39, 0.29) is 10.6 Å². The summed E-state index contributed by atoms with van der Waals surface area (Å²) >= 11 is 3.60. The molecule has 0 fully saturated rings. The van der Waals surface area contributed by atoms with Gasteiger partial charge in [0.05, 0.1) is 18.0 Å². The Bertz CT molecular complexity index is 624. The van der Waals surface area contributed by atoms with Crippen LogP contribution < -0.4 is 0 Å². The quantitative estimate of drug-likeness (QED) is 0.732. The number of fused-ring (bicyclic) bond motifs is 1. The van der Waals surface area contributed by atoms with Crippen molar-refractivity contribution in [3.05, 3.63) is 70.0 Å². The SMILES string of the molecule is Cc1ccc(C(Br)c2ccc3c(c2)COC3)c(F)c1. The van der Waals surface area contributed by atoms with Gasteiger partial charge in [-0.25, -0.2) is 4.39 Å². The molecule has 0 radical (unpaired) electrons. The molecule has 2 aromatic rings. The van der Waals surface area contributed by atoms with Gasteiger partial charge in [-0.1, -0.05) is 46.3 Å². The molecule has 0 aliphatic carbocycles. The second kappa shape index (κ2) is 5.06. The van der Waals surface area contributed by atoms with Gasteiger partial charge in [0.25, 0.3) is 0 Å². The molecule has 0 saturated carbocycles. The fraction of sp³-hybridized carbons (Fsp3) is 0.250. The van der Waals surface area contributed by atoms with E-state index in [4.69, 9.17) is 4.74 Å².